The summed E-state index contributed by atoms with van der Waals surface area (Å²) in [6.07, 6.45) is -5.92. The monoisotopic (exact) mass is 457 g/mol. The van der Waals surface area contributed by atoms with Gasteiger partial charge in [0.15, 0.2) is 5.69 Å². The number of nitrogens with one attached hydrogen (secondary N) is 1. The summed E-state index contributed by atoms with van der Waals surface area (Å²) in [7, 11) is -3.95. The van der Waals surface area contributed by atoms with Crippen LogP contribution in [0, 0.1) is 6.92 Å². The number of aromatic nitrogens is 1. The Bertz CT molecular complexity index is 1210. The molecule has 1 amide bonds. The third-order valence-electron chi connectivity index (χ3n) is 3.79. The minimum absolute atomic E-state index is 0.0883. The minimum atomic E-state index is -4.77. The van der Waals surface area contributed by atoms with E-state index in [9.17, 15) is 26.4 Å². The summed E-state index contributed by atoms with van der Waals surface area (Å²) in [6, 6.07) is 12.0. The summed E-state index contributed by atoms with van der Waals surface area (Å²) in [6.45, 7) is 1.36. The van der Waals surface area contributed by atoms with Crippen LogP contribution in [-0.4, -0.2) is 19.5 Å². The topological polar surface area (TPSA) is 111 Å². The molecule has 2 aromatic carbocycles. The number of nitrogens with two attached hydrogens (primary N) is 1. The molecule has 30 heavy (non-hydrogen) atoms. The molecule has 12 heteroatoms. The first-order chi connectivity index (χ1) is 13.9. The van der Waals surface area contributed by atoms with Crippen LogP contribution in [0.4, 0.5) is 23.7 Å². The van der Waals surface area contributed by atoms with Gasteiger partial charge in [-0.1, -0.05) is 41.7 Å². The second-order valence-electron chi connectivity index (χ2n) is 6.00. The first-order valence-corrected chi connectivity index (χ1v) is 10.6. The van der Waals surface area contributed by atoms with Crippen molar-refractivity contribution in [3.05, 3.63) is 59.2 Å². The molecule has 3 rings (SSSR count). The van der Waals surface area contributed by atoms with Gasteiger partial charge in [-0.15, -0.1) is 0 Å². The van der Waals surface area contributed by atoms with Gasteiger partial charge in [0.05, 0.1) is 15.6 Å². The number of nitrogens with zero attached hydrogens (tertiary/aromatic N) is 1. The number of hydrogen-bond acceptors (Lipinski definition) is 6. The first kappa shape index (κ1) is 21.7. The van der Waals surface area contributed by atoms with Crippen LogP contribution in [0.15, 0.2) is 53.4 Å². The zero-order valence-electron chi connectivity index (χ0n) is 15.2. The molecule has 0 saturated heterocycles. The number of sulfonamides is 1. The number of ether oxygens (including phenoxy) is 1. The number of aryl methyl sites for hydroxylation is 1. The number of alkyl halides is 3. The molecule has 1 heterocycles. The molecular formula is C18H14F3N3O4S2. The highest BCUT2D eigenvalue weighted by Crippen LogP contribution is 2.39. The third kappa shape index (κ3) is 4.96. The van der Waals surface area contributed by atoms with Crippen LogP contribution in [0.25, 0.3) is 11.1 Å². The lowest BCUT2D eigenvalue weighted by Gasteiger charge is -2.12. The molecule has 0 saturated carbocycles. The van der Waals surface area contributed by atoms with E-state index >= 15 is 0 Å². The van der Waals surface area contributed by atoms with Crippen molar-refractivity contribution in [2.75, 3.05) is 5.32 Å². The van der Waals surface area contributed by atoms with Crippen LogP contribution >= 0.6 is 11.3 Å². The molecule has 3 N–H and O–H groups in total. The Morgan fingerprint density at radius 1 is 1.17 bits per heavy atom. The predicted molar refractivity (Wildman–Crippen MR) is 105 cm³/mol. The summed E-state index contributed by atoms with van der Waals surface area (Å²) in [5, 5.41) is 6.93. The van der Waals surface area contributed by atoms with Gasteiger partial charge in [0.1, 0.15) is 0 Å². The number of thiazole rings is 1. The summed E-state index contributed by atoms with van der Waals surface area (Å²) < 4.78 is 67.1. The van der Waals surface area contributed by atoms with Gasteiger partial charge in [-0.05, 0) is 30.7 Å². The summed E-state index contributed by atoms with van der Waals surface area (Å²) in [5.74, 6) is 0. The SMILES string of the molecule is Cc1nc(C(F)(F)F)c(OC(=O)Nc2ccccc2-c2cccc(S(N)(=O)=O)c2)s1. The van der Waals surface area contributed by atoms with Crippen molar-refractivity contribution in [3.8, 4) is 16.2 Å². The molecule has 0 unspecified atom stereocenters. The number of para-hydroxylation sites is 1. The van der Waals surface area contributed by atoms with Gasteiger partial charge in [0.25, 0.3) is 0 Å². The second-order valence-corrected chi connectivity index (χ2v) is 8.73. The zero-order valence-corrected chi connectivity index (χ0v) is 16.9. The Kier molecular flexibility index (Phi) is 5.83. The highest BCUT2D eigenvalue weighted by Gasteiger charge is 2.39. The van der Waals surface area contributed by atoms with E-state index in [1.54, 1.807) is 24.3 Å². The van der Waals surface area contributed by atoms with Crippen LogP contribution in [-0.2, 0) is 16.2 Å². The third-order valence-corrected chi connectivity index (χ3v) is 5.55. The minimum Gasteiger partial charge on any atom is -0.397 e. The largest absolute Gasteiger partial charge is 0.438 e. The van der Waals surface area contributed by atoms with Crippen molar-refractivity contribution >= 4 is 33.1 Å². The summed E-state index contributed by atoms with van der Waals surface area (Å²) in [5.41, 5.74) is -0.253. The van der Waals surface area contributed by atoms with Gasteiger partial charge in [0, 0.05) is 5.56 Å². The molecule has 3 aromatic rings. The number of anilines is 1. The van der Waals surface area contributed by atoms with Crippen LogP contribution in [0.1, 0.15) is 10.7 Å². The number of carbonyl (C=O) groups excluding carboxylic acids is 1. The van der Waals surface area contributed by atoms with Gasteiger partial charge in [-0.25, -0.2) is 23.3 Å². The van der Waals surface area contributed by atoms with E-state index in [1.165, 1.54) is 31.2 Å². The smallest absolute Gasteiger partial charge is 0.397 e. The molecule has 158 valence electrons. The van der Waals surface area contributed by atoms with E-state index < -0.39 is 33.0 Å². The molecule has 0 radical (unpaired) electrons. The van der Waals surface area contributed by atoms with E-state index in [0.717, 1.165) is 0 Å². The number of hydrogen-bond donors (Lipinski definition) is 2. The second kappa shape index (κ2) is 8.05. The lowest BCUT2D eigenvalue weighted by molar-refractivity contribution is -0.141. The van der Waals surface area contributed by atoms with Crippen molar-refractivity contribution in [1.29, 1.82) is 0 Å². The van der Waals surface area contributed by atoms with Crippen molar-refractivity contribution in [2.45, 2.75) is 18.0 Å². The van der Waals surface area contributed by atoms with E-state index in [4.69, 9.17) is 9.88 Å². The maximum Gasteiger partial charge on any atom is 0.438 e. The fourth-order valence-electron chi connectivity index (χ4n) is 2.56. The van der Waals surface area contributed by atoms with Gasteiger partial charge >= 0.3 is 12.3 Å². The Morgan fingerprint density at radius 3 is 2.53 bits per heavy atom. The van der Waals surface area contributed by atoms with Crippen LogP contribution in [0.5, 0.6) is 5.06 Å². The molecular weight excluding hydrogens is 443 g/mol. The number of halogens is 3. The number of benzene rings is 2. The quantitative estimate of drug-likeness (QED) is 0.603. The maximum absolute atomic E-state index is 13.0. The molecule has 1 aromatic heterocycles. The summed E-state index contributed by atoms with van der Waals surface area (Å²) in [4.78, 5) is 15.5. The van der Waals surface area contributed by atoms with E-state index in [-0.39, 0.29) is 15.6 Å². The van der Waals surface area contributed by atoms with E-state index in [1.807, 2.05) is 0 Å². The van der Waals surface area contributed by atoms with Crippen LogP contribution in [0.2, 0.25) is 0 Å². The number of primary sulfonamides is 1. The Balaban J connectivity index is 1.89. The van der Waals surface area contributed by atoms with Gasteiger partial charge < -0.3 is 4.74 Å². The van der Waals surface area contributed by atoms with Gasteiger partial charge in [0.2, 0.25) is 15.1 Å². The Morgan fingerprint density at radius 2 is 1.87 bits per heavy atom. The fourth-order valence-corrected chi connectivity index (χ4v) is 3.90. The average Bonchev–Trinajstić information content (AvgIpc) is 3.02. The molecule has 7 nitrogen and oxygen atoms in total. The fraction of sp³-hybridized carbons (Fsp3) is 0.111. The molecule has 0 atom stereocenters. The lowest BCUT2D eigenvalue weighted by atomic mass is 10.0. The lowest BCUT2D eigenvalue weighted by Crippen LogP contribution is -2.19. The number of rotatable bonds is 4. The maximum atomic E-state index is 13.0. The summed E-state index contributed by atoms with van der Waals surface area (Å²) >= 11 is 0.591. The van der Waals surface area contributed by atoms with Crippen LogP contribution in [0.3, 0.4) is 0 Å². The van der Waals surface area contributed by atoms with Crippen LogP contribution < -0.4 is 15.2 Å². The zero-order chi connectivity index (χ0) is 22.1. The highest BCUT2D eigenvalue weighted by molar-refractivity contribution is 7.89. The van der Waals surface area contributed by atoms with Crippen molar-refractivity contribution in [3.63, 3.8) is 0 Å². The average molecular weight is 457 g/mol. The standard InChI is InChI=1S/C18H14F3N3O4S2/c1-10-23-15(18(19,20)21)16(29-10)28-17(25)24-14-8-3-2-7-13(14)11-5-4-6-12(9-11)30(22,26)27/h2-9H,1H3,(H,24,25)(H2,22,26,27). The Hall–Kier alpha value is -2.96. The van der Waals surface area contributed by atoms with Crippen molar-refractivity contribution in [1.82, 2.24) is 4.98 Å². The predicted octanol–water partition coefficient (Wildman–Crippen LogP) is 4.40. The molecule has 0 fully saturated rings. The van der Waals surface area contributed by atoms with Gasteiger partial charge in [-0.3, -0.25) is 5.32 Å². The van der Waals surface area contributed by atoms with Crippen molar-refractivity contribution < 1.29 is 31.1 Å². The molecule has 0 aliphatic rings. The Labute approximate surface area is 173 Å². The van der Waals surface area contributed by atoms with Crippen molar-refractivity contribution in [2.24, 2.45) is 5.14 Å². The van der Waals surface area contributed by atoms with E-state index in [0.29, 0.717) is 22.5 Å². The number of amides is 1. The molecule has 0 aliphatic carbocycles. The molecule has 0 aliphatic heterocycles. The van der Waals surface area contributed by atoms with E-state index in [2.05, 4.69) is 10.3 Å². The van der Waals surface area contributed by atoms with Gasteiger partial charge in [-0.2, -0.15) is 13.2 Å². The number of carbonyl (C=O) groups is 1. The normalized spacial score (nSPS) is 11.9. The molecule has 0 spiro atoms. The molecule has 0 bridgehead atoms. The first-order valence-electron chi connectivity index (χ1n) is 8.21. The highest BCUT2D eigenvalue weighted by atomic mass is 32.2.